The summed E-state index contributed by atoms with van der Waals surface area (Å²) in [5.74, 6) is -0.0326. The normalized spacial score (nSPS) is 13.2. The quantitative estimate of drug-likeness (QED) is 0.673. The van der Waals surface area contributed by atoms with Crippen LogP contribution in [0.25, 0.3) is 12.2 Å². The number of hydrogen-bond acceptors (Lipinski definition) is 2. The molecule has 1 aliphatic rings. The number of fused-ring (bicyclic) bond motifs is 2. The number of benzene rings is 1. The van der Waals surface area contributed by atoms with Gasteiger partial charge in [-0.05, 0) is 41.0 Å². The minimum atomic E-state index is -0.0326. The molecule has 106 valence electrons. The smallest absolute Gasteiger partial charge is 0.224 e. The number of carbonyl (C=O) groups is 1. The van der Waals surface area contributed by atoms with Crippen molar-refractivity contribution in [3.63, 3.8) is 0 Å². The molecule has 0 unspecified atom stereocenters. The molecule has 0 atom stereocenters. The number of anilines is 1. The third-order valence-electron chi connectivity index (χ3n) is 3.42. The molecule has 0 fully saturated rings. The summed E-state index contributed by atoms with van der Waals surface area (Å²) in [5, 5.41) is 1.06. The molecule has 3 nitrogen and oxygen atoms in total. The van der Waals surface area contributed by atoms with E-state index in [0.29, 0.717) is 16.7 Å². The number of carbonyl (C=O) groups excluding carboxylic acids is 1. The second-order valence-corrected chi connectivity index (χ2v) is 5.67. The first-order chi connectivity index (χ1) is 10.0. The van der Waals surface area contributed by atoms with Crippen molar-refractivity contribution in [2.75, 3.05) is 4.90 Å². The number of amides is 1. The Balaban J connectivity index is 2.21. The highest BCUT2D eigenvalue weighted by atomic mass is 35.5. The van der Waals surface area contributed by atoms with Gasteiger partial charge in [-0.1, -0.05) is 35.4 Å². The highest BCUT2D eigenvalue weighted by Gasteiger charge is 2.18. The summed E-state index contributed by atoms with van der Waals surface area (Å²) < 4.78 is 0. The van der Waals surface area contributed by atoms with E-state index in [0.717, 1.165) is 22.4 Å². The number of nitrogens with zero attached hydrogens (tertiary/aromatic N) is 2. The van der Waals surface area contributed by atoms with Crippen molar-refractivity contribution in [1.29, 1.82) is 0 Å². The second-order valence-electron chi connectivity index (χ2n) is 4.85. The van der Waals surface area contributed by atoms with Crippen LogP contribution in [0.3, 0.4) is 0 Å². The zero-order valence-electron chi connectivity index (χ0n) is 11.3. The average Bonchev–Trinajstić information content (AvgIpc) is 2.42. The molecule has 0 aliphatic carbocycles. The highest BCUT2D eigenvalue weighted by Crippen LogP contribution is 2.31. The Bertz CT molecular complexity index is 756. The summed E-state index contributed by atoms with van der Waals surface area (Å²) in [4.78, 5) is 17.8. The molecule has 1 aromatic carbocycles. The average molecular weight is 319 g/mol. The number of pyridine rings is 1. The molecule has 2 aromatic rings. The molecule has 0 spiro atoms. The monoisotopic (exact) mass is 318 g/mol. The van der Waals surface area contributed by atoms with E-state index >= 15 is 0 Å². The van der Waals surface area contributed by atoms with E-state index in [1.807, 2.05) is 24.3 Å². The SMILES string of the molecule is CC(=O)N1Cc2cnc(Cl)cc2C=Cc2cc(Cl)ccc21. The van der Waals surface area contributed by atoms with Gasteiger partial charge in [0.2, 0.25) is 5.91 Å². The summed E-state index contributed by atoms with van der Waals surface area (Å²) >= 11 is 12.0. The minimum absolute atomic E-state index is 0.0326. The van der Waals surface area contributed by atoms with Gasteiger partial charge >= 0.3 is 0 Å². The molecule has 21 heavy (non-hydrogen) atoms. The number of hydrogen-bond donors (Lipinski definition) is 0. The fraction of sp³-hybridized carbons (Fsp3) is 0.125. The van der Waals surface area contributed by atoms with Gasteiger partial charge in [0.15, 0.2) is 0 Å². The third-order valence-corrected chi connectivity index (χ3v) is 3.86. The lowest BCUT2D eigenvalue weighted by atomic mass is 10.0. The zero-order valence-corrected chi connectivity index (χ0v) is 12.8. The Labute approximate surface area is 132 Å². The maximum Gasteiger partial charge on any atom is 0.224 e. The van der Waals surface area contributed by atoms with E-state index in [-0.39, 0.29) is 5.91 Å². The highest BCUT2D eigenvalue weighted by molar-refractivity contribution is 6.31. The molecule has 0 N–H and O–H groups in total. The van der Waals surface area contributed by atoms with E-state index in [9.17, 15) is 4.79 Å². The first-order valence-corrected chi connectivity index (χ1v) is 7.20. The van der Waals surface area contributed by atoms with Gasteiger partial charge in [0.25, 0.3) is 0 Å². The van der Waals surface area contributed by atoms with E-state index in [2.05, 4.69) is 4.98 Å². The van der Waals surface area contributed by atoms with Crippen molar-refractivity contribution in [1.82, 2.24) is 4.98 Å². The van der Waals surface area contributed by atoms with Crippen molar-refractivity contribution in [2.24, 2.45) is 0 Å². The predicted octanol–water partition coefficient (Wildman–Crippen LogP) is 4.43. The second kappa shape index (κ2) is 5.51. The molecule has 0 saturated heterocycles. The number of rotatable bonds is 0. The van der Waals surface area contributed by atoms with Gasteiger partial charge in [-0.3, -0.25) is 4.79 Å². The van der Waals surface area contributed by atoms with Crippen LogP contribution in [-0.4, -0.2) is 10.9 Å². The van der Waals surface area contributed by atoms with Gasteiger partial charge in [0.05, 0.1) is 12.2 Å². The third kappa shape index (κ3) is 2.80. The van der Waals surface area contributed by atoms with Crippen LogP contribution in [0.2, 0.25) is 10.2 Å². The minimum Gasteiger partial charge on any atom is -0.308 e. The fourth-order valence-electron chi connectivity index (χ4n) is 2.38. The Morgan fingerprint density at radius 2 is 1.95 bits per heavy atom. The Kier molecular flexibility index (Phi) is 3.70. The first kappa shape index (κ1) is 14.1. The fourth-order valence-corrected chi connectivity index (χ4v) is 2.73. The van der Waals surface area contributed by atoms with Crippen LogP contribution < -0.4 is 4.90 Å². The van der Waals surface area contributed by atoms with Crippen LogP contribution in [0.1, 0.15) is 23.6 Å². The molecule has 0 bridgehead atoms. The number of halogens is 2. The molecule has 5 heteroatoms. The van der Waals surface area contributed by atoms with E-state index < -0.39 is 0 Å². The molecule has 0 radical (unpaired) electrons. The van der Waals surface area contributed by atoms with Gasteiger partial charge in [-0.15, -0.1) is 0 Å². The lowest BCUT2D eigenvalue weighted by Gasteiger charge is -2.25. The van der Waals surface area contributed by atoms with Gasteiger partial charge in [-0.25, -0.2) is 4.98 Å². The maximum absolute atomic E-state index is 12.0. The van der Waals surface area contributed by atoms with Gasteiger partial charge in [0, 0.05) is 18.1 Å². The van der Waals surface area contributed by atoms with Crippen LogP contribution in [0, 0.1) is 0 Å². The van der Waals surface area contributed by atoms with Gasteiger partial charge in [0.1, 0.15) is 5.15 Å². The maximum atomic E-state index is 12.0. The summed E-state index contributed by atoms with van der Waals surface area (Å²) in [5.41, 5.74) is 3.64. The Hall–Kier alpha value is -1.84. The lowest BCUT2D eigenvalue weighted by Crippen LogP contribution is -2.29. The van der Waals surface area contributed by atoms with E-state index in [1.54, 1.807) is 30.2 Å². The van der Waals surface area contributed by atoms with E-state index in [1.165, 1.54) is 0 Å². The molecular weight excluding hydrogens is 307 g/mol. The summed E-state index contributed by atoms with van der Waals surface area (Å²) in [7, 11) is 0. The van der Waals surface area contributed by atoms with Gasteiger partial charge < -0.3 is 4.90 Å². The van der Waals surface area contributed by atoms with Crippen molar-refractivity contribution in [2.45, 2.75) is 13.5 Å². The molecule has 0 saturated carbocycles. The molecule has 1 aromatic heterocycles. The molecular formula is C16H12Cl2N2O. The first-order valence-electron chi connectivity index (χ1n) is 6.45. The summed E-state index contributed by atoms with van der Waals surface area (Å²) in [6, 6.07) is 7.28. The summed E-state index contributed by atoms with van der Waals surface area (Å²) in [6.45, 7) is 2.00. The standard InChI is InChI=1S/C16H12Cl2N2O/c1-10(21)20-9-13-8-19-16(18)7-11(13)2-3-12-6-14(17)4-5-15(12)20/h2-8H,9H2,1H3. The molecule has 1 aliphatic heterocycles. The van der Waals surface area contributed by atoms with Crippen LogP contribution in [0.5, 0.6) is 0 Å². The predicted molar refractivity (Wildman–Crippen MR) is 86.5 cm³/mol. The molecule has 2 heterocycles. The van der Waals surface area contributed by atoms with Crippen LogP contribution >= 0.6 is 23.2 Å². The largest absolute Gasteiger partial charge is 0.308 e. The van der Waals surface area contributed by atoms with Crippen LogP contribution in [-0.2, 0) is 11.3 Å². The van der Waals surface area contributed by atoms with Crippen molar-refractivity contribution in [3.8, 4) is 0 Å². The topological polar surface area (TPSA) is 33.2 Å². The lowest BCUT2D eigenvalue weighted by molar-refractivity contribution is -0.116. The summed E-state index contributed by atoms with van der Waals surface area (Å²) in [6.07, 6.45) is 5.61. The van der Waals surface area contributed by atoms with Crippen molar-refractivity contribution >= 4 is 46.9 Å². The van der Waals surface area contributed by atoms with Crippen LogP contribution in [0.15, 0.2) is 30.5 Å². The van der Waals surface area contributed by atoms with Crippen molar-refractivity contribution < 1.29 is 4.79 Å². The van der Waals surface area contributed by atoms with Crippen LogP contribution in [0.4, 0.5) is 5.69 Å². The Morgan fingerprint density at radius 1 is 1.19 bits per heavy atom. The number of aromatic nitrogens is 1. The Morgan fingerprint density at radius 3 is 2.71 bits per heavy atom. The van der Waals surface area contributed by atoms with Gasteiger partial charge in [-0.2, -0.15) is 0 Å². The molecule has 3 rings (SSSR count). The van der Waals surface area contributed by atoms with E-state index in [4.69, 9.17) is 23.2 Å². The molecule has 1 amide bonds. The van der Waals surface area contributed by atoms with Crippen molar-refractivity contribution in [3.05, 3.63) is 57.3 Å². The zero-order chi connectivity index (χ0) is 15.0.